The number of nitrogen functional groups attached to an aromatic ring is 1. The number of ether oxygens (including phenoxy) is 1. The number of hydrogen-bond donors (Lipinski definition) is 3. The first kappa shape index (κ1) is 15.7. The molecule has 0 spiro atoms. The lowest BCUT2D eigenvalue weighted by Gasteiger charge is -2.11. The molecule has 1 atom stereocenters. The normalized spacial score (nSPS) is 12.1. The zero-order chi connectivity index (χ0) is 15.2. The Hall–Kier alpha value is -1.64. The highest BCUT2D eigenvalue weighted by Gasteiger charge is 2.18. The average Bonchev–Trinajstić information content (AvgIpc) is 3.08. The van der Waals surface area contributed by atoms with Gasteiger partial charge in [-0.3, -0.25) is 4.79 Å². The molecule has 2 aromatic heterocycles. The van der Waals surface area contributed by atoms with Gasteiger partial charge < -0.3 is 21.1 Å². The molecule has 1 unspecified atom stereocenters. The zero-order valence-corrected chi connectivity index (χ0v) is 13.5. The SMILES string of the molecule is COCCNc1nc(N)c(C(=O)NC(C)c2ccsc2)s1. The molecule has 0 aliphatic carbocycles. The molecule has 2 heterocycles. The number of carbonyl (C=O) groups is 1. The molecule has 0 aliphatic rings. The smallest absolute Gasteiger partial charge is 0.265 e. The van der Waals surface area contributed by atoms with E-state index in [4.69, 9.17) is 10.5 Å². The van der Waals surface area contributed by atoms with E-state index in [-0.39, 0.29) is 17.8 Å². The van der Waals surface area contributed by atoms with Crippen molar-refractivity contribution in [1.29, 1.82) is 0 Å². The van der Waals surface area contributed by atoms with Crippen molar-refractivity contribution in [2.24, 2.45) is 0 Å². The summed E-state index contributed by atoms with van der Waals surface area (Å²) < 4.78 is 4.95. The fraction of sp³-hybridized carbons (Fsp3) is 0.385. The van der Waals surface area contributed by atoms with Crippen LogP contribution >= 0.6 is 22.7 Å². The zero-order valence-electron chi connectivity index (χ0n) is 11.9. The quantitative estimate of drug-likeness (QED) is 0.680. The molecule has 114 valence electrons. The van der Waals surface area contributed by atoms with Gasteiger partial charge in [0.15, 0.2) is 5.13 Å². The Morgan fingerprint density at radius 3 is 3.05 bits per heavy atom. The van der Waals surface area contributed by atoms with Gasteiger partial charge in [0, 0.05) is 13.7 Å². The lowest BCUT2D eigenvalue weighted by Crippen LogP contribution is -2.26. The first-order valence-corrected chi connectivity index (χ1v) is 8.19. The maximum atomic E-state index is 12.2. The predicted octanol–water partition coefficient (Wildman–Crippen LogP) is 2.34. The van der Waals surface area contributed by atoms with Crippen molar-refractivity contribution >= 4 is 39.5 Å². The molecule has 1 amide bonds. The second-order valence-electron chi connectivity index (χ2n) is 4.40. The molecule has 8 heteroatoms. The van der Waals surface area contributed by atoms with Gasteiger partial charge in [-0.05, 0) is 29.3 Å². The van der Waals surface area contributed by atoms with Crippen molar-refractivity contribution in [3.05, 3.63) is 27.3 Å². The molecule has 0 aromatic carbocycles. The number of anilines is 2. The molecule has 0 bridgehead atoms. The van der Waals surface area contributed by atoms with Crippen LogP contribution in [0, 0.1) is 0 Å². The summed E-state index contributed by atoms with van der Waals surface area (Å²) in [5, 5.41) is 10.6. The maximum Gasteiger partial charge on any atom is 0.265 e. The van der Waals surface area contributed by atoms with E-state index in [0.717, 1.165) is 5.56 Å². The molecule has 0 radical (unpaired) electrons. The summed E-state index contributed by atoms with van der Waals surface area (Å²) in [4.78, 5) is 16.8. The molecule has 2 aromatic rings. The number of nitrogens with zero attached hydrogens (tertiary/aromatic N) is 1. The summed E-state index contributed by atoms with van der Waals surface area (Å²) in [6.45, 7) is 3.13. The third-order valence-corrected chi connectivity index (χ3v) is 4.56. The van der Waals surface area contributed by atoms with Crippen LogP contribution in [0.15, 0.2) is 16.8 Å². The van der Waals surface area contributed by atoms with Crippen LogP contribution in [0.2, 0.25) is 0 Å². The molecular formula is C13H18N4O2S2. The summed E-state index contributed by atoms with van der Waals surface area (Å²) in [6.07, 6.45) is 0. The summed E-state index contributed by atoms with van der Waals surface area (Å²) in [5.41, 5.74) is 6.89. The third-order valence-electron chi connectivity index (χ3n) is 2.83. The van der Waals surface area contributed by atoms with E-state index in [9.17, 15) is 4.79 Å². The van der Waals surface area contributed by atoms with E-state index >= 15 is 0 Å². The molecule has 4 N–H and O–H groups in total. The van der Waals surface area contributed by atoms with Crippen molar-refractivity contribution in [2.75, 3.05) is 31.3 Å². The van der Waals surface area contributed by atoms with Crippen LogP contribution in [0.4, 0.5) is 10.9 Å². The predicted molar refractivity (Wildman–Crippen MR) is 87.1 cm³/mol. The number of nitrogens with one attached hydrogen (secondary N) is 2. The van der Waals surface area contributed by atoms with Crippen LogP contribution in [0.25, 0.3) is 0 Å². The van der Waals surface area contributed by atoms with Crippen LogP contribution in [-0.4, -0.2) is 31.2 Å². The van der Waals surface area contributed by atoms with Crippen molar-refractivity contribution in [2.45, 2.75) is 13.0 Å². The summed E-state index contributed by atoms with van der Waals surface area (Å²) in [6, 6.07) is 1.93. The molecule has 21 heavy (non-hydrogen) atoms. The second kappa shape index (κ2) is 7.39. The van der Waals surface area contributed by atoms with Crippen molar-refractivity contribution in [3.63, 3.8) is 0 Å². The largest absolute Gasteiger partial charge is 0.383 e. The third kappa shape index (κ3) is 4.16. The topological polar surface area (TPSA) is 89.3 Å². The van der Waals surface area contributed by atoms with Gasteiger partial charge in [0.2, 0.25) is 0 Å². The second-order valence-corrected chi connectivity index (χ2v) is 6.18. The maximum absolute atomic E-state index is 12.2. The Balaban J connectivity index is 1.98. The van der Waals surface area contributed by atoms with E-state index in [2.05, 4.69) is 15.6 Å². The number of aromatic nitrogens is 1. The molecule has 0 saturated carbocycles. The van der Waals surface area contributed by atoms with Gasteiger partial charge in [-0.1, -0.05) is 11.3 Å². The minimum absolute atomic E-state index is 0.0600. The van der Waals surface area contributed by atoms with Crippen LogP contribution in [0.3, 0.4) is 0 Å². The van der Waals surface area contributed by atoms with Gasteiger partial charge in [0.05, 0.1) is 12.6 Å². The molecule has 2 rings (SSSR count). The number of rotatable bonds is 7. The summed E-state index contributed by atoms with van der Waals surface area (Å²) in [7, 11) is 1.63. The number of hydrogen-bond acceptors (Lipinski definition) is 7. The van der Waals surface area contributed by atoms with E-state index in [1.54, 1.807) is 18.4 Å². The lowest BCUT2D eigenvalue weighted by molar-refractivity contribution is 0.0944. The first-order valence-electron chi connectivity index (χ1n) is 6.44. The highest BCUT2D eigenvalue weighted by atomic mass is 32.1. The van der Waals surface area contributed by atoms with E-state index < -0.39 is 0 Å². The van der Waals surface area contributed by atoms with Gasteiger partial charge in [-0.15, -0.1) is 0 Å². The first-order chi connectivity index (χ1) is 10.1. The summed E-state index contributed by atoms with van der Waals surface area (Å²) in [5.74, 6) is 0.0402. The summed E-state index contributed by atoms with van der Waals surface area (Å²) >= 11 is 2.85. The fourth-order valence-corrected chi connectivity index (χ4v) is 3.26. The Bertz CT molecular complexity index is 583. The number of nitrogens with two attached hydrogens (primary N) is 1. The van der Waals surface area contributed by atoms with E-state index in [1.165, 1.54) is 11.3 Å². The number of amides is 1. The number of thiophene rings is 1. The molecule has 0 saturated heterocycles. The molecule has 0 fully saturated rings. The fourth-order valence-electron chi connectivity index (χ4n) is 1.70. The van der Waals surface area contributed by atoms with Gasteiger partial charge in [-0.25, -0.2) is 4.98 Å². The Morgan fingerprint density at radius 1 is 1.57 bits per heavy atom. The molecule has 6 nitrogen and oxygen atoms in total. The van der Waals surface area contributed by atoms with Gasteiger partial charge in [0.25, 0.3) is 5.91 Å². The van der Waals surface area contributed by atoms with Crippen LogP contribution in [-0.2, 0) is 4.74 Å². The van der Waals surface area contributed by atoms with Crippen molar-refractivity contribution in [3.8, 4) is 0 Å². The van der Waals surface area contributed by atoms with Gasteiger partial charge in [0.1, 0.15) is 10.7 Å². The van der Waals surface area contributed by atoms with Gasteiger partial charge >= 0.3 is 0 Å². The lowest BCUT2D eigenvalue weighted by atomic mass is 10.2. The molecule has 0 aliphatic heterocycles. The van der Waals surface area contributed by atoms with Crippen molar-refractivity contribution in [1.82, 2.24) is 10.3 Å². The monoisotopic (exact) mass is 326 g/mol. The minimum atomic E-state index is -0.205. The minimum Gasteiger partial charge on any atom is -0.383 e. The van der Waals surface area contributed by atoms with Crippen LogP contribution < -0.4 is 16.4 Å². The Kier molecular flexibility index (Phi) is 5.54. The number of thiazole rings is 1. The highest BCUT2D eigenvalue weighted by Crippen LogP contribution is 2.25. The van der Waals surface area contributed by atoms with Gasteiger partial charge in [-0.2, -0.15) is 11.3 Å². The Labute approximate surface area is 131 Å². The number of carbonyl (C=O) groups excluding carboxylic acids is 1. The van der Waals surface area contributed by atoms with Crippen LogP contribution in [0.5, 0.6) is 0 Å². The van der Waals surface area contributed by atoms with E-state index in [1.807, 2.05) is 23.8 Å². The Morgan fingerprint density at radius 2 is 2.38 bits per heavy atom. The van der Waals surface area contributed by atoms with Crippen molar-refractivity contribution < 1.29 is 9.53 Å². The average molecular weight is 326 g/mol. The highest BCUT2D eigenvalue weighted by molar-refractivity contribution is 7.18. The van der Waals surface area contributed by atoms with Crippen LogP contribution in [0.1, 0.15) is 28.2 Å². The number of methoxy groups -OCH3 is 1. The standard InChI is InChI=1S/C13H18N4O2S2/c1-8(9-3-6-20-7-9)16-12(18)10-11(14)17-13(21-10)15-4-5-19-2/h3,6-8H,4-5,14H2,1-2H3,(H,15,17)(H,16,18). The van der Waals surface area contributed by atoms with E-state index in [0.29, 0.717) is 23.2 Å². The molecular weight excluding hydrogens is 308 g/mol.